The van der Waals surface area contributed by atoms with Gasteiger partial charge in [-0.05, 0) is 24.3 Å². The van der Waals surface area contributed by atoms with Crippen molar-refractivity contribution >= 4 is 39.6 Å². The van der Waals surface area contributed by atoms with Crippen molar-refractivity contribution in [1.29, 1.82) is 0 Å². The van der Waals surface area contributed by atoms with Gasteiger partial charge in [-0.25, -0.2) is 4.98 Å². The van der Waals surface area contributed by atoms with Gasteiger partial charge in [-0.15, -0.1) is 22.7 Å². The Morgan fingerprint density at radius 3 is 3.11 bits per heavy atom. The minimum absolute atomic E-state index is 0.0321. The van der Waals surface area contributed by atoms with Crippen LogP contribution in [0.5, 0.6) is 0 Å². The van der Waals surface area contributed by atoms with Crippen molar-refractivity contribution in [2.24, 2.45) is 0 Å². The number of rotatable bonds is 6. The van der Waals surface area contributed by atoms with E-state index in [1.54, 1.807) is 6.07 Å². The molecule has 0 spiro atoms. The molecule has 1 fully saturated rings. The lowest BCUT2D eigenvalue weighted by Gasteiger charge is -2.25. The van der Waals surface area contributed by atoms with Gasteiger partial charge in [-0.3, -0.25) is 19.8 Å². The summed E-state index contributed by atoms with van der Waals surface area (Å²) in [6.07, 6.45) is 3.05. The second-order valence-corrected chi connectivity index (χ2v) is 8.75. The number of anilines is 1. The second kappa shape index (κ2) is 8.47. The van der Waals surface area contributed by atoms with Gasteiger partial charge in [0.05, 0.1) is 23.2 Å². The molecule has 4 rings (SSSR count). The highest BCUT2D eigenvalue weighted by Crippen LogP contribution is 2.28. The van der Waals surface area contributed by atoms with Crippen molar-refractivity contribution < 1.29 is 14.3 Å². The average Bonchev–Trinajstić information content (AvgIpc) is 3.40. The van der Waals surface area contributed by atoms with Crippen LogP contribution in [0.1, 0.15) is 33.1 Å². The van der Waals surface area contributed by atoms with Gasteiger partial charge in [0, 0.05) is 37.5 Å². The lowest BCUT2D eigenvalue weighted by atomic mass is 10.2. The number of thiophene rings is 1. The molecule has 1 atom stereocenters. The van der Waals surface area contributed by atoms with Crippen LogP contribution in [-0.4, -0.2) is 54.0 Å². The third-order valence-corrected chi connectivity index (χ3v) is 6.56. The minimum atomic E-state index is -0.124. The van der Waals surface area contributed by atoms with Crippen LogP contribution in [0.15, 0.2) is 17.5 Å². The fourth-order valence-electron chi connectivity index (χ4n) is 3.30. The van der Waals surface area contributed by atoms with E-state index in [1.807, 2.05) is 11.4 Å². The molecule has 9 heteroatoms. The first-order valence-corrected chi connectivity index (χ1v) is 10.8. The number of nitrogens with one attached hydrogen (secondary N) is 2. The lowest BCUT2D eigenvalue weighted by molar-refractivity contribution is -0.122. The predicted molar refractivity (Wildman–Crippen MR) is 105 cm³/mol. The molecule has 1 unspecified atom stereocenters. The van der Waals surface area contributed by atoms with Crippen LogP contribution in [0, 0.1) is 0 Å². The van der Waals surface area contributed by atoms with E-state index in [1.165, 1.54) is 22.7 Å². The molecule has 27 heavy (non-hydrogen) atoms. The number of nitrogens with zero attached hydrogens (tertiary/aromatic N) is 2. The van der Waals surface area contributed by atoms with E-state index in [0.29, 0.717) is 29.6 Å². The summed E-state index contributed by atoms with van der Waals surface area (Å²) in [7, 11) is 0. The van der Waals surface area contributed by atoms with Crippen molar-refractivity contribution in [3.05, 3.63) is 33.0 Å². The third kappa shape index (κ3) is 4.73. The Bertz CT molecular complexity index is 800. The Kier molecular flexibility index (Phi) is 5.82. The van der Waals surface area contributed by atoms with Crippen LogP contribution in [-0.2, 0) is 22.5 Å². The SMILES string of the molecule is O=C(CN1CCc2nc(NC(=O)c3cccs3)sc2C1)NCC1CCCO1. The average molecular weight is 407 g/mol. The van der Waals surface area contributed by atoms with Gasteiger partial charge in [0.1, 0.15) is 0 Å². The van der Waals surface area contributed by atoms with Crippen molar-refractivity contribution in [2.75, 3.05) is 31.6 Å². The number of amides is 2. The number of thiazole rings is 1. The summed E-state index contributed by atoms with van der Waals surface area (Å²) in [5, 5.41) is 8.35. The van der Waals surface area contributed by atoms with Crippen LogP contribution in [0.2, 0.25) is 0 Å². The van der Waals surface area contributed by atoms with Crippen molar-refractivity contribution in [2.45, 2.75) is 31.9 Å². The largest absolute Gasteiger partial charge is 0.376 e. The molecule has 2 N–H and O–H groups in total. The van der Waals surface area contributed by atoms with Crippen LogP contribution in [0.25, 0.3) is 0 Å². The molecular weight excluding hydrogens is 384 g/mol. The van der Waals surface area contributed by atoms with Gasteiger partial charge in [0.2, 0.25) is 5.91 Å². The fraction of sp³-hybridized carbons (Fsp3) is 0.500. The van der Waals surface area contributed by atoms with E-state index < -0.39 is 0 Å². The van der Waals surface area contributed by atoms with Gasteiger partial charge in [0.15, 0.2) is 5.13 Å². The van der Waals surface area contributed by atoms with E-state index in [4.69, 9.17) is 4.74 Å². The zero-order chi connectivity index (χ0) is 18.6. The van der Waals surface area contributed by atoms with E-state index in [0.717, 1.165) is 43.0 Å². The summed E-state index contributed by atoms with van der Waals surface area (Å²) in [4.78, 5) is 32.8. The predicted octanol–water partition coefficient (Wildman–Crippen LogP) is 2.11. The van der Waals surface area contributed by atoms with E-state index in [-0.39, 0.29) is 17.9 Å². The molecule has 0 saturated carbocycles. The second-order valence-electron chi connectivity index (χ2n) is 6.72. The van der Waals surface area contributed by atoms with Crippen molar-refractivity contribution in [3.8, 4) is 0 Å². The molecule has 0 bridgehead atoms. The summed E-state index contributed by atoms with van der Waals surface area (Å²) in [6, 6.07) is 3.65. The Hall–Kier alpha value is -1.81. The Morgan fingerprint density at radius 1 is 1.41 bits per heavy atom. The molecule has 7 nitrogen and oxygen atoms in total. The molecule has 2 aromatic rings. The minimum Gasteiger partial charge on any atom is -0.376 e. The molecule has 0 aliphatic carbocycles. The molecular formula is C18H22N4O3S2. The first-order valence-electron chi connectivity index (χ1n) is 9.11. The van der Waals surface area contributed by atoms with Crippen molar-refractivity contribution in [3.63, 3.8) is 0 Å². The molecule has 2 aliphatic rings. The van der Waals surface area contributed by atoms with Crippen molar-refractivity contribution in [1.82, 2.24) is 15.2 Å². The zero-order valence-corrected chi connectivity index (χ0v) is 16.5. The van der Waals surface area contributed by atoms with Gasteiger partial charge in [-0.2, -0.15) is 0 Å². The highest BCUT2D eigenvalue weighted by atomic mass is 32.1. The van der Waals surface area contributed by atoms with Gasteiger partial charge in [0.25, 0.3) is 5.91 Å². The summed E-state index contributed by atoms with van der Waals surface area (Å²) >= 11 is 2.90. The first-order chi connectivity index (χ1) is 13.2. The third-order valence-electron chi connectivity index (χ3n) is 4.69. The van der Waals surface area contributed by atoms with E-state index in [9.17, 15) is 9.59 Å². The van der Waals surface area contributed by atoms with Gasteiger partial charge in [-0.1, -0.05) is 6.07 Å². The van der Waals surface area contributed by atoms with Gasteiger partial charge >= 0.3 is 0 Å². The van der Waals surface area contributed by atoms with Crippen LogP contribution < -0.4 is 10.6 Å². The Balaban J connectivity index is 1.28. The standard InChI is InChI=1S/C18H22N4O3S2/c23-16(19-9-12-3-1-7-25-12)11-22-6-5-13-15(10-22)27-18(20-13)21-17(24)14-4-2-8-26-14/h2,4,8,12H,1,3,5-7,9-11H2,(H,19,23)(H,20,21,24). The maximum absolute atomic E-state index is 12.2. The van der Waals surface area contributed by atoms with E-state index in [2.05, 4.69) is 20.5 Å². The van der Waals surface area contributed by atoms with Crippen LogP contribution >= 0.6 is 22.7 Å². The number of ether oxygens (including phenoxy) is 1. The van der Waals surface area contributed by atoms with Crippen LogP contribution in [0.3, 0.4) is 0 Å². The maximum Gasteiger partial charge on any atom is 0.267 e. The highest BCUT2D eigenvalue weighted by molar-refractivity contribution is 7.16. The molecule has 1 saturated heterocycles. The molecule has 4 heterocycles. The fourth-order valence-corrected chi connectivity index (χ4v) is 4.96. The molecule has 0 aromatic carbocycles. The molecule has 144 valence electrons. The molecule has 2 aliphatic heterocycles. The van der Waals surface area contributed by atoms with E-state index >= 15 is 0 Å². The Morgan fingerprint density at radius 2 is 2.33 bits per heavy atom. The first kappa shape index (κ1) is 18.5. The number of hydrogen-bond donors (Lipinski definition) is 2. The molecule has 0 radical (unpaired) electrons. The molecule has 2 amide bonds. The number of hydrogen-bond acceptors (Lipinski definition) is 7. The van der Waals surface area contributed by atoms with Gasteiger partial charge < -0.3 is 10.1 Å². The lowest BCUT2D eigenvalue weighted by Crippen LogP contribution is -2.41. The maximum atomic E-state index is 12.2. The monoisotopic (exact) mass is 406 g/mol. The summed E-state index contributed by atoms with van der Waals surface area (Å²) in [5.74, 6) is -0.0915. The number of aromatic nitrogens is 1. The summed E-state index contributed by atoms with van der Waals surface area (Å²) in [6.45, 7) is 3.25. The van der Waals surface area contributed by atoms with Crippen LogP contribution in [0.4, 0.5) is 5.13 Å². The summed E-state index contributed by atoms with van der Waals surface area (Å²) < 4.78 is 5.53. The normalized spacial score (nSPS) is 19.6. The number of carbonyl (C=O) groups excluding carboxylic acids is 2. The number of carbonyl (C=O) groups is 2. The molecule has 2 aromatic heterocycles. The zero-order valence-electron chi connectivity index (χ0n) is 14.9. The Labute approximate surface area is 165 Å². The quantitative estimate of drug-likeness (QED) is 0.768. The topological polar surface area (TPSA) is 83.6 Å². The number of fused-ring (bicyclic) bond motifs is 1. The highest BCUT2D eigenvalue weighted by Gasteiger charge is 2.24. The smallest absolute Gasteiger partial charge is 0.267 e. The summed E-state index contributed by atoms with van der Waals surface area (Å²) in [5.41, 5.74) is 1.03.